The summed E-state index contributed by atoms with van der Waals surface area (Å²) < 4.78 is 0. The highest BCUT2D eigenvalue weighted by atomic mass is 35.5. The van der Waals surface area contributed by atoms with Crippen molar-refractivity contribution < 1.29 is 0 Å². The molecule has 2 aliphatic rings. The van der Waals surface area contributed by atoms with Crippen LogP contribution in [0.3, 0.4) is 0 Å². The summed E-state index contributed by atoms with van der Waals surface area (Å²) in [7, 11) is 0. The number of para-hydroxylation sites is 1. The molecule has 1 aromatic rings. The molecule has 3 nitrogen and oxygen atoms in total. The van der Waals surface area contributed by atoms with Crippen LogP contribution in [0.2, 0.25) is 5.02 Å². The van der Waals surface area contributed by atoms with Gasteiger partial charge in [0.1, 0.15) is 0 Å². The average molecular weight is 294 g/mol. The summed E-state index contributed by atoms with van der Waals surface area (Å²) in [6.45, 7) is 4.50. The first-order chi connectivity index (χ1) is 9.74. The number of piperidine rings is 2. The Kier molecular flexibility index (Phi) is 4.49. The molecule has 2 fully saturated rings. The average Bonchev–Trinajstić information content (AvgIpc) is 2.48. The van der Waals surface area contributed by atoms with Crippen LogP contribution < -0.4 is 10.6 Å². The van der Waals surface area contributed by atoms with Gasteiger partial charge in [0, 0.05) is 31.7 Å². The van der Waals surface area contributed by atoms with Gasteiger partial charge in [-0.25, -0.2) is 0 Å². The predicted molar refractivity (Wildman–Crippen MR) is 85.5 cm³/mol. The fourth-order valence-electron chi connectivity index (χ4n) is 3.55. The van der Waals surface area contributed by atoms with Crippen molar-refractivity contribution in [2.24, 2.45) is 5.73 Å². The lowest BCUT2D eigenvalue weighted by molar-refractivity contribution is 0.129. The van der Waals surface area contributed by atoms with Gasteiger partial charge < -0.3 is 10.6 Å². The van der Waals surface area contributed by atoms with Crippen LogP contribution in [0, 0.1) is 0 Å². The SMILES string of the molecule is NC1CCCN(C2CCN(c3ccccc3Cl)CC2)C1. The van der Waals surface area contributed by atoms with Gasteiger partial charge in [0.2, 0.25) is 0 Å². The van der Waals surface area contributed by atoms with E-state index in [4.69, 9.17) is 17.3 Å². The highest BCUT2D eigenvalue weighted by Gasteiger charge is 2.28. The van der Waals surface area contributed by atoms with E-state index in [9.17, 15) is 0 Å². The Morgan fingerprint density at radius 1 is 1.05 bits per heavy atom. The first kappa shape index (κ1) is 14.2. The number of hydrogen-bond donors (Lipinski definition) is 1. The summed E-state index contributed by atoms with van der Waals surface area (Å²) in [5, 5.41) is 0.867. The maximum absolute atomic E-state index is 6.29. The third kappa shape index (κ3) is 3.11. The van der Waals surface area contributed by atoms with Crippen molar-refractivity contribution in [1.82, 2.24) is 4.90 Å². The van der Waals surface area contributed by atoms with Crippen LogP contribution in [0.1, 0.15) is 25.7 Å². The summed E-state index contributed by atoms with van der Waals surface area (Å²) in [5.41, 5.74) is 7.28. The van der Waals surface area contributed by atoms with E-state index in [1.54, 1.807) is 0 Å². The first-order valence-corrected chi connectivity index (χ1v) is 8.11. The minimum absolute atomic E-state index is 0.380. The maximum Gasteiger partial charge on any atom is 0.0639 e. The minimum Gasteiger partial charge on any atom is -0.370 e. The molecule has 0 spiro atoms. The van der Waals surface area contributed by atoms with Gasteiger partial charge in [-0.1, -0.05) is 23.7 Å². The molecule has 0 amide bonds. The molecular weight excluding hydrogens is 270 g/mol. The largest absolute Gasteiger partial charge is 0.370 e. The van der Waals surface area contributed by atoms with Gasteiger partial charge in [0.05, 0.1) is 10.7 Å². The molecule has 0 bridgehead atoms. The Hall–Kier alpha value is -0.770. The van der Waals surface area contributed by atoms with E-state index in [0.29, 0.717) is 12.1 Å². The number of anilines is 1. The fourth-order valence-corrected chi connectivity index (χ4v) is 3.81. The molecule has 20 heavy (non-hydrogen) atoms. The number of halogens is 1. The van der Waals surface area contributed by atoms with Crippen LogP contribution in [0.5, 0.6) is 0 Å². The van der Waals surface area contributed by atoms with E-state index in [1.165, 1.54) is 37.9 Å². The van der Waals surface area contributed by atoms with Crippen LogP contribution in [-0.2, 0) is 0 Å². The summed E-state index contributed by atoms with van der Waals surface area (Å²) in [6, 6.07) is 9.25. The molecule has 0 aromatic heterocycles. The normalized spacial score (nSPS) is 25.9. The second-order valence-electron chi connectivity index (χ2n) is 6.07. The number of nitrogens with zero attached hydrogens (tertiary/aromatic N) is 2. The molecule has 4 heteroatoms. The van der Waals surface area contributed by atoms with Gasteiger partial charge in [0.15, 0.2) is 0 Å². The Bertz CT molecular complexity index is 443. The molecular formula is C16H24ClN3. The van der Waals surface area contributed by atoms with E-state index < -0.39 is 0 Å². The molecule has 0 aliphatic carbocycles. The van der Waals surface area contributed by atoms with Crippen molar-refractivity contribution in [1.29, 1.82) is 0 Å². The van der Waals surface area contributed by atoms with Gasteiger partial charge >= 0.3 is 0 Å². The smallest absolute Gasteiger partial charge is 0.0639 e. The molecule has 1 aromatic carbocycles. The molecule has 0 saturated carbocycles. The molecule has 0 radical (unpaired) electrons. The lowest BCUT2D eigenvalue weighted by Crippen LogP contribution is -2.51. The Morgan fingerprint density at radius 2 is 1.80 bits per heavy atom. The Labute approximate surface area is 126 Å². The molecule has 1 atom stereocenters. The summed E-state index contributed by atoms with van der Waals surface area (Å²) in [6.07, 6.45) is 4.89. The molecule has 2 saturated heterocycles. The van der Waals surface area contributed by atoms with Crippen molar-refractivity contribution in [3.05, 3.63) is 29.3 Å². The third-order valence-electron chi connectivity index (χ3n) is 4.66. The summed E-state index contributed by atoms with van der Waals surface area (Å²) in [4.78, 5) is 5.03. The van der Waals surface area contributed by atoms with E-state index in [2.05, 4.69) is 21.9 Å². The maximum atomic E-state index is 6.29. The zero-order chi connectivity index (χ0) is 13.9. The van der Waals surface area contributed by atoms with Crippen LogP contribution in [0.4, 0.5) is 5.69 Å². The van der Waals surface area contributed by atoms with Gasteiger partial charge in [-0.3, -0.25) is 4.90 Å². The number of hydrogen-bond acceptors (Lipinski definition) is 3. The van der Waals surface area contributed by atoms with Crippen molar-refractivity contribution in [3.8, 4) is 0 Å². The Balaban J connectivity index is 1.58. The minimum atomic E-state index is 0.380. The van der Waals surface area contributed by atoms with Crippen molar-refractivity contribution in [2.45, 2.75) is 37.8 Å². The molecule has 2 heterocycles. The fraction of sp³-hybridized carbons (Fsp3) is 0.625. The van der Waals surface area contributed by atoms with Crippen molar-refractivity contribution in [2.75, 3.05) is 31.1 Å². The monoisotopic (exact) mass is 293 g/mol. The van der Waals surface area contributed by atoms with Crippen LogP contribution >= 0.6 is 11.6 Å². The highest BCUT2D eigenvalue weighted by Crippen LogP contribution is 2.29. The van der Waals surface area contributed by atoms with Crippen LogP contribution in [0.15, 0.2) is 24.3 Å². The van der Waals surface area contributed by atoms with Gasteiger partial charge in [-0.2, -0.15) is 0 Å². The van der Waals surface area contributed by atoms with Gasteiger partial charge in [0.25, 0.3) is 0 Å². The topological polar surface area (TPSA) is 32.5 Å². The second kappa shape index (κ2) is 6.33. The van der Waals surface area contributed by atoms with Gasteiger partial charge in [-0.15, -0.1) is 0 Å². The van der Waals surface area contributed by atoms with E-state index in [-0.39, 0.29) is 0 Å². The predicted octanol–water partition coefficient (Wildman–Crippen LogP) is 2.73. The van der Waals surface area contributed by atoms with Crippen molar-refractivity contribution in [3.63, 3.8) is 0 Å². The number of rotatable bonds is 2. The molecule has 2 N–H and O–H groups in total. The third-order valence-corrected chi connectivity index (χ3v) is 4.98. The van der Waals surface area contributed by atoms with Crippen molar-refractivity contribution >= 4 is 17.3 Å². The number of likely N-dealkylation sites (tertiary alicyclic amines) is 1. The molecule has 2 aliphatic heterocycles. The zero-order valence-electron chi connectivity index (χ0n) is 12.0. The van der Waals surface area contributed by atoms with Crippen LogP contribution in [0.25, 0.3) is 0 Å². The lowest BCUT2D eigenvalue weighted by atomic mass is 9.98. The lowest BCUT2D eigenvalue weighted by Gasteiger charge is -2.42. The van der Waals surface area contributed by atoms with Gasteiger partial charge in [-0.05, 0) is 44.4 Å². The standard InChI is InChI=1S/C16H24ClN3/c17-15-5-1-2-6-16(15)19-10-7-14(8-11-19)20-9-3-4-13(18)12-20/h1-2,5-6,13-14H,3-4,7-12,18H2. The molecule has 3 rings (SSSR count). The summed E-state index contributed by atoms with van der Waals surface area (Å²) >= 11 is 6.29. The highest BCUT2D eigenvalue weighted by molar-refractivity contribution is 6.33. The second-order valence-corrected chi connectivity index (χ2v) is 6.47. The van der Waals surface area contributed by atoms with E-state index >= 15 is 0 Å². The summed E-state index contributed by atoms with van der Waals surface area (Å²) in [5.74, 6) is 0. The number of benzene rings is 1. The van der Waals surface area contributed by atoms with E-state index in [1.807, 2.05) is 12.1 Å². The zero-order valence-corrected chi connectivity index (χ0v) is 12.7. The first-order valence-electron chi connectivity index (χ1n) is 7.73. The molecule has 1 unspecified atom stereocenters. The quantitative estimate of drug-likeness (QED) is 0.910. The van der Waals surface area contributed by atoms with E-state index in [0.717, 1.165) is 24.7 Å². The molecule has 110 valence electrons. The van der Waals surface area contributed by atoms with Crippen LogP contribution in [-0.4, -0.2) is 43.2 Å². The number of nitrogens with two attached hydrogens (primary N) is 1. The Morgan fingerprint density at radius 3 is 2.50 bits per heavy atom.